The SMILES string of the molecule is CC(C)(C)N1CCC(NC(=O)c2ccc(CN)o2)CC1. The third-order valence-electron chi connectivity index (χ3n) is 3.87. The van der Waals surface area contributed by atoms with Gasteiger partial charge in [0, 0.05) is 24.7 Å². The van der Waals surface area contributed by atoms with Gasteiger partial charge < -0.3 is 15.5 Å². The van der Waals surface area contributed by atoms with Gasteiger partial charge >= 0.3 is 0 Å². The number of amides is 1. The fourth-order valence-corrected chi connectivity index (χ4v) is 2.56. The number of carbonyl (C=O) groups is 1. The van der Waals surface area contributed by atoms with E-state index in [9.17, 15) is 4.79 Å². The Morgan fingerprint density at radius 2 is 2.05 bits per heavy atom. The van der Waals surface area contributed by atoms with Gasteiger partial charge in [-0.15, -0.1) is 0 Å². The summed E-state index contributed by atoms with van der Waals surface area (Å²) in [5.41, 5.74) is 5.67. The molecule has 0 radical (unpaired) electrons. The highest BCUT2D eigenvalue weighted by Crippen LogP contribution is 2.20. The molecule has 5 heteroatoms. The first-order valence-corrected chi connectivity index (χ1v) is 7.25. The lowest BCUT2D eigenvalue weighted by Gasteiger charge is -2.40. The van der Waals surface area contributed by atoms with Gasteiger partial charge in [-0.25, -0.2) is 0 Å². The fraction of sp³-hybridized carbons (Fsp3) is 0.667. The van der Waals surface area contributed by atoms with Crippen LogP contribution in [0.2, 0.25) is 0 Å². The molecule has 0 spiro atoms. The average Bonchev–Trinajstić information content (AvgIpc) is 2.87. The van der Waals surface area contributed by atoms with Gasteiger partial charge in [-0.05, 0) is 45.7 Å². The van der Waals surface area contributed by atoms with E-state index in [0.717, 1.165) is 25.9 Å². The van der Waals surface area contributed by atoms with Crippen molar-refractivity contribution in [3.8, 4) is 0 Å². The summed E-state index contributed by atoms with van der Waals surface area (Å²) in [4.78, 5) is 14.5. The number of piperidine rings is 1. The topological polar surface area (TPSA) is 71.5 Å². The summed E-state index contributed by atoms with van der Waals surface area (Å²) in [6.45, 7) is 9.02. The summed E-state index contributed by atoms with van der Waals surface area (Å²) in [7, 11) is 0. The molecule has 1 saturated heterocycles. The zero-order valence-electron chi connectivity index (χ0n) is 12.6. The first kappa shape index (κ1) is 15.1. The lowest BCUT2D eigenvalue weighted by Crippen LogP contribution is -2.50. The van der Waals surface area contributed by atoms with E-state index in [2.05, 4.69) is 31.0 Å². The predicted molar refractivity (Wildman–Crippen MR) is 78.4 cm³/mol. The van der Waals surface area contributed by atoms with Crippen LogP contribution in [0.15, 0.2) is 16.5 Å². The minimum Gasteiger partial charge on any atom is -0.455 e. The van der Waals surface area contributed by atoms with Crippen LogP contribution < -0.4 is 11.1 Å². The highest BCUT2D eigenvalue weighted by molar-refractivity contribution is 5.91. The zero-order valence-corrected chi connectivity index (χ0v) is 12.6. The Morgan fingerprint density at radius 1 is 1.40 bits per heavy atom. The summed E-state index contributed by atoms with van der Waals surface area (Å²) in [6, 6.07) is 3.66. The van der Waals surface area contributed by atoms with Crippen LogP contribution in [0.25, 0.3) is 0 Å². The third-order valence-corrected chi connectivity index (χ3v) is 3.87. The van der Waals surface area contributed by atoms with E-state index < -0.39 is 0 Å². The van der Waals surface area contributed by atoms with Crippen molar-refractivity contribution in [2.45, 2.75) is 51.7 Å². The second-order valence-electron chi connectivity index (χ2n) is 6.38. The number of hydrogen-bond acceptors (Lipinski definition) is 4. The second kappa shape index (κ2) is 5.97. The van der Waals surface area contributed by atoms with Crippen LogP contribution in [0.4, 0.5) is 0 Å². The molecule has 1 fully saturated rings. The van der Waals surface area contributed by atoms with Crippen LogP contribution in [0, 0.1) is 0 Å². The Morgan fingerprint density at radius 3 is 2.55 bits per heavy atom. The molecular weight excluding hydrogens is 254 g/mol. The molecular formula is C15H25N3O2. The van der Waals surface area contributed by atoms with E-state index in [4.69, 9.17) is 10.2 Å². The number of carbonyl (C=O) groups excluding carboxylic acids is 1. The molecule has 0 unspecified atom stereocenters. The molecule has 20 heavy (non-hydrogen) atoms. The van der Waals surface area contributed by atoms with Crippen molar-refractivity contribution in [2.75, 3.05) is 13.1 Å². The Kier molecular flexibility index (Phi) is 4.50. The fourth-order valence-electron chi connectivity index (χ4n) is 2.56. The van der Waals surface area contributed by atoms with Crippen molar-refractivity contribution < 1.29 is 9.21 Å². The maximum Gasteiger partial charge on any atom is 0.287 e. The lowest BCUT2D eigenvalue weighted by molar-refractivity contribution is 0.0792. The smallest absolute Gasteiger partial charge is 0.287 e. The Hall–Kier alpha value is -1.33. The molecule has 1 aromatic rings. The summed E-state index contributed by atoms with van der Waals surface area (Å²) < 4.78 is 5.36. The average molecular weight is 279 g/mol. The van der Waals surface area contributed by atoms with Gasteiger partial charge in [-0.2, -0.15) is 0 Å². The highest BCUT2D eigenvalue weighted by Gasteiger charge is 2.28. The minimum absolute atomic E-state index is 0.140. The van der Waals surface area contributed by atoms with E-state index in [0.29, 0.717) is 18.1 Å². The molecule has 2 rings (SSSR count). The van der Waals surface area contributed by atoms with Gasteiger partial charge in [-0.3, -0.25) is 9.69 Å². The van der Waals surface area contributed by atoms with Crippen LogP contribution >= 0.6 is 0 Å². The number of nitrogens with zero attached hydrogens (tertiary/aromatic N) is 1. The molecule has 1 aromatic heterocycles. The van der Waals surface area contributed by atoms with E-state index in [1.54, 1.807) is 12.1 Å². The monoisotopic (exact) mass is 279 g/mol. The number of nitrogens with two attached hydrogens (primary N) is 1. The first-order chi connectivity index (χ1) is 9.40. The van der Waals surface area contributed by atoms with Crippen molar-refractivity contribution in [2.24, 2.45) is 5.73 Å². The number of rotatable bonds is 3. The summed E-state index contributed by atoms with van der Waals surface area (Å²) >= 11 is 0. The first-order valence-electron chi connectivity index (χ1n) is 7.25. The molecule has 0 saturated carbocycles. The molecule has 0 bridgehead atoms. The maximum atomic E-state index is 12.1. The largest absolute Gasteiger partial charge is 0.455 e. The standard InChI is InChI=1S/C15H25N3O2/c1-15(2,3)18-8-6-11(7-9-18)17-14(19)13-5-4-12(10-16)20-13/h4-5,11H,6-10,16H2,1-3H3,(H,17,19). The normalized spacial score (nSPS) is 18.2. The van der Waals surface area contributed by atoms with Crippen molar-refractivity contribution in [1.29, 1.82) is 0 Å². The number of hydrogen-bond donors (Lipinski definition) is 2. The van der Waals surface area contributed by atoms with E-state index >= 15 is 0 Å². The minimum atomic E-state index is -0.140. The lowest BCUT2D eigenvalue weighted by atomic mass is 9.98. The van der Waals surface area contributed by atoms with E-state index in [-0.39, 0.29) is 17.5 Å². The van der Waals surface area contributed by atoms with Crippen LogP contribution in [0.1, 0.15) is 49.9 Å². The van der Waals surface area contributed by atoms with Crippen LogP contribution in [-0.4, -0.2) is 35.5 Å². The molecule has 1 amide bonds. The molecule has 112 valence electrons. The molecule has 0 aliphatic carbocycles. The van der Waals surface area contributed by atoms with Crippen LogP contribution in [0.3, 0.4) is 0 Å². The van der Waals surface area contributed by atoms with Crippen LogP contribution in [-0.2, 0) is 6.54 Å². The third kappa shape index (κ3) is 3.61. The molecule has 5 nitrogen and oxygen atoms in total. The van der Waals surface area contributed by atoms with Gasteiger partial charge in [0.1, 0.15) is 5.76 Å². The van der Waals surface area contributed by atoms with Gasteiger partial charge in [0.2, 0.25) is 0 Å². The summed E-state index contributed by atoms with van der Waals surface area (Å²) in [5.74, 6) is 0.848. The predicted octanol–water partition coefficient (Wildman–Crippen LogP) is 1.73. The summed E-state index contributed by atoms with van der Waals surface area (Å²) in [5, 5.41) is 3.04. The second-order valence-corrected chi connectivity index (χ2v) is 6.38. The summed E-state index contributed by atoms with van der Waals surface area (Å²) in [6.07, 6.45) is 1.96. The molecule has 0 atom stereocenters. The molecule has 2 heterocycles. The molecule has 1 aliphatic rings. The zero-order chi connectivity index (χ0) is 14.8. The number of likely N-dealkylation sites (tertiary alicyclic amines) is 1. The van der Waals surface area contributed by atoms with Gasteiger partial charge in [0.15, 0.2) is 5.76 Å². The van der Waals surface area contributed by atoms with Gasteiger partial charge in [0.25, 0.3) is 5.91 Å². The Balaban J connectivity index is 1.85. The van der Waals surface area contributed by atoms with Crippen molar-refractivity contribution in [3.63, 3.8) is 0 Å². The van der Waals surface area contributed by atoms with Crippen molar-refractivity contribution in [1.82, 2.24) is 10.2 Å². The van der Waals surface area contributed by atoms with Gasteiger partial charge in [-0.1, -0.05) is 0 Å². The van der Waals surface area contributed by atoms with E-state index in [1.807, 2.05) is 0 Å². The molecule has 3 N–H and O–H groups in total. The van der Waals surface area contributed by atoms with Crippen LogP contribution in [0.5, 0.6) is 0 Å². The van der Waals surface area contributed by atoms with Gasteiger partial charge in [0.05, 0.1) is 6.54 Å². The molecule has 0 aromatic carbocycles. The van der Waals surface area contributed by atoms with Crippen molar-refractivity contribution >= 4 is 5.91 Å². The van der Waals surface area contributed by atoms with Crippen molar-refractivity contribution in [3.05, 3.63) is 23.7 Å². The highest BCUT2D eigenvalue weighted by atomic mass is 16.4. The Labute approximate surface area is 120 Å². The van der Waals surface area contributed by atoms with E-state index in [1.165, 1.54) is 0 Å². The quantitative estimate of drug-likeness (QED) is 0.884. The Bertz CT molecular complexity index is 454. The number of furan rings is 1. The molecule has 1 aliphatic heterocycles. The maximum absolute atomic E-state index is 12.1. The number of nitrogens with one attached hydrogen (secondary N) is 1.